The molecule has 0 aliphatic carbocycles. The van der Waals surface area contributed by atoms with Gasteiger partial charge in [-0.2, -0.15) is 5.10 Å². The fourth-order valence-electron chi connectivity index (χ4n) is 3.34. The molecule has 1 aliphatic rings. The number of hydrogen-bond acceptors (Lipinski definition) is 6. The number of hydrogen-bond donors (Lipinski definition) is 2. The number of rotatable bonds is 7. The molecule has 0 atom stereocenters. The fourth-order valence-corrected chi connectivity index (χ4v) is 4.66. The van der Waals surface area contributed by atoms with Crippen LogP contribution in [0.15, 0.2) is 87.3 Å². The number of hydrazone groups is 1. The summed E-state index contributed by atoms with van der Waals surface area (Å²) < 4.78 is 33.6. The molecule has 1 aliphatic heterocycles. The van der Waals surface area contributed by atoms with Crippen LogP contribution in [0.4, 0.5) is 11.4 Å². The molecule has 0 radical (unpaired) electrons. The Morgan fingerprint density at radius 2 is 1.59 bits per heavy atom. The van der Waals surface area contributed by atoms with Crippen LogP contribution in [-0.4, -0.2) is 46.8 Å². The molecule has 3 aromatic carbocycles. The molecule has 1 saturated heterocycles. The number of halogens is 1. The van der Waals surface area contributed by atoms with E-state index in [1.807, 2.05) is 24.3 Å². The highest BCUT2D eigenvalue weighted by atomic mass is 79.9. The number of benzene rings is 3. The van der Waals surface area contributed by atoms with Crippen LogP contribution in [0.1, 0.15) is 15.9 Å². The van der Waals surface area contributed by atoms with Crippen molar-refractivity contribution in [3.63, 3.8) is 0 Å². The summed E-state index contributed by atoms with van der Waals surface area (Å²) in [6.45, 7) is 3.20. The van der Waals surface area contributed by atoms with Gasteiger partial charge in [0, 0.05) is 34.5 Å². The Bertz CT molecular complexity index is 1260. The standard InChI is InChI=1S/C24H23BrN4O4S/c25-20-5-11-23(12-6-20)34(31,32)28-21-7-3-19(4-8-21)24(30)27-26-17-18-1-9-22(10-2-18)29-13-15-33-16-14-29/h1-12,17,28H,13-16H2,(H,27,30)/b26-17+. The second-order valence-corrected chi connectivity index (χ2v) is 10.1. The summed E-state index contributed by atoms with van der Waals surface area (Å²) >= 11 is 3.28. The SMILES string of the molecule is O=C(N/N=C/c1ccc(N2CCOCC2)cc1)c1ccc(NS(=O)(=O)c2ccc(Br)cc2)cc1. The van der Waals surface area contributed by atoms with E-state index in [2.05, 4.69) is 36.1 Å². The van der Waals surface area contributed by atoms with E-state index in [-0.39, 0.29) is 4.90 Å². The van der Waals surface area contributed by atoms with Gasteiger partial charge in [-0.05, 0) is 66.2 Å². The molecule has 1 fully saturated rings. The van der Waals surface area contributed by atoms with Crippen molar-refractivity contribution in [3.05, 3.63) is 88.4 Å². The maximum atomic E-state index is 12.5. The molecule has 176 valence electrons. The Morgan fingerprint density at radius 1 is 0.941 bits per heavy atom. The van der Waals surface area contributed by atoms with Crippen LogP contribution in [0.2, 0.25) is 0 Å². The lowest BCUT2D eigenvalue weighted by molar-refractivity contribution is 0.0955. The molecular weight excluding hydrogens is 520 g/mol. The van der Waals surface area contributed by atoms with Crippen LogP contribution < -0.4 is 15.0 Å². The largest absolute Gasteiger partial charge is 0.378 e. The molecule has 1 amide bonds. The third-order valence-corrected chi connectivity index (χ3v) is 7.10. The van der Waals surface area contributed by atoms with Gasteiger partial charge in [0.05, 0.1) is 24.3 Å². The minimum atomic E-state index is -3.72. The van der Waals surface area contributed by atoms with Crippen molar-refractivity contribution in [1.82, 2.24) is 5.43 Å². The van der Waals surface area contributed by atoms with Crippen LogP contribution in [0, 0.1) is 0 Å². The number of morpholine rings is 1. The lowest BCUT2D eigenvalue weighted by atomic mass is 10.2. The van der Waals surface area contributed by atoms with Gasteiger partial charge >= 0.3 is 0 Å². The van der Waals surface area contributed by atoms with Crippen molar-refractivity contribution in [1.29, 1.82) is 0 Å². The summed E-state index contributed by atoms with van der Waals surface area (Å²) in [4.78, 5) is 14.8. The second-order valence-electron chi connectivity index (χ2n) is 7.53. The van der Waals surface area contributed by atoms with E-state index in [0.29, 0.717) is 11.3 Å². The monoisotopic (exact) mass is 542 g/mol. The highest BCUT2D eigenvalue weighted by molar-refractivity contribution is 9.10. The maximum absolute atomic E-state index is 12.5. The van der Waals surface area contributed by atoms with E-state index < -0.39 is 15.9 Å². The first-order valence-corrected chi connectivity index (χ1v) is 12.8. The van der Waals surface area contributed by atoms with E-state index in [0.717, 1.165) is 42.0 Å². The smallest absolute Gasteiger partial charge is 0.271 e. The van der Waals surface area contributed by atoms with E-state index in [4.69, 9.17) is 4.74 Å². The molecule has 1 heterocycles. The first kappa shape index (κ1) is 23.9. The van der Waals surface area contributed by atoms with Crippen LogP contribution in [0.25, 0.3) is 0 Å². The number of amides is 1. The second kappa shape index (κ2) is 10.8. The Hall–Kier alpha value is -3.21. The van der Waals surface area contributed by atoms with Crippen molar-refractivity contribution < 1.29 is 17.9 Å². The van der Waals surface area contributed by atoms with Crippen molar-refractivity contribution in [2.45, 2.75) is 4.90 Å². The Morgan fingerprint density at radius 3 is 2.24 bits per heavy atom. The summed E-state index contributed by atoms with van der Waals surface area (Å²) in [5.74, 6) is -0.400. The van der Waals surface area contributed by atoms with Crippen LogP contribution in [-0.2, 0) is 14.8 Å². The molecule has 4 rings (SSSR count). The Balaban J connectivity index is 1.32. The number of ether oxygens (including phenoxy) is 1. The third kappa shape index (κ3) is 6.22. The first-order chi connectivity index (χ1) is 16.4. The van der Waals surface area contributed by atoms with Gasteiger partial charge < -0.3 is 9.64 Å². The highest BCUT2D eigenvalue weighted by Crippen LogP contribution is 2.19. The molecule has 2 N–H and O–H groups in total. The average molecular weight is 543 g/mol. The molecule has 0 spiro atoms. The molecule has 34 heavy (non-hydrogen) atoms. The normalized spacial score (nSPS) is 14.2. The van der Waals surface area contributed by atoms with Gasteiger partial charge in [0.2, 0.25) is 0 Å². The number of carbonyl (C=O) groups excluding carboxylic acids is 1. The zero-order valence-corrected chi connectivity index (χ0v) is 20.6. The fraction of sp³-hybridized carbons (Fsp3) is 0.167. The Labute approximate surface area is 206 Å². The predicted octanol–water partition coefficient (Wildman–Crippen LogP) is 3.85. The van der Waals surface area contributed by atoms with Crippen molar-refractivity contribution in [2.75, 3.05) is 35.9 Å². The summed E-state index contributed by atoms with van der Waals surface area (Å²) in [5, 5.41) is 4.02. The minimum absolute atomic E-state index is 0.143. The molecule has 0 unspecified atom stereocenters. The zero-order chi connectivity index (χ0) is 24.0. The minimum Gasteiger partial charge on any atom is -0.378 e. The van der Waals surface area contributed by atoms with Gasteiger partial charge in [-0.25, -0.2) is 13.8 Å². The molecule has 0 bridgehead atoms. The van der Waals surface area contributed by atoms with Gasteiger partial charge in [-0.3, -0.25) is 9.52 Å². The predicted molar refractivity (Wildman–Crippen MR) is 136 cm³/mol. The lowest BCUT2D eigenvalue weighted by Crippen LogP contribution is -2.36. The topological polar surface area (TPSA) is 100 Å². The number of anilines is 2. The third-order valence-electron chi connectivity index (χ3n) is 5.17. The number of sulfonamides is 1. The van der Waals surface area contributed by atoms with Gasteiger partial charge in [0.25, 0.3) is 15.9 Å². The molecule has 8 nitrogen and oxygen atoms in total. The van der Waals surface area contributed by atoms with Crippen LogP contribution >= 0.6 is 15.9 Å². The van der Waals surface area contributed by atoms with Crippen molar-refractivity contribution >= 4 is 49.4 Å². The van der Waals surface area contributed by atoms with E-state index >= 15 is 0 Å². The van der Waals surface area contributed by atoms with Gasteiger partial charge in [-0.1, -0.05) is 28.1 Å². The molecule has 0 aromatic heterocycles. The molecule has 0 saturated carbocycles. The quantitative estimate of drug-likeness (QED) is 0.349. The van der Waals surface area contributed by atoms with E-state index in [1.165, 1.54) is 36.4 Å². The van der Waals surface area contributed by atoms with Crippen molar-refractivity contribution in [3.8, 4) is 0 Å². The molecule has 10 heteroatoms. The van der Waals surface area contributed by atoms with Crippen LogP contribution in [0.3, 0.4) is 0 Å². The zero-order valence-electron chi connectivity index (χ0n) is 18.1. The van der Waals surface area contributed by atoms with Gasteiger partial charge in [-0.15, -0.1) is 0 Å². The summed E-state index contributed by atoms with van der Waals surface area (Å²) in [6, 6.07) is 20.3. The molecule has 3 aromatic rings. The highest BCUT2D eigenvalue weighted by Gasteiger charge is 2.14. The molecular formula is C24H23BrN4O4S. The summed E-state index contributed by atoms with van der Waals surface area (Å²) in [6.07, 6.45) is 1.57. The number of carbonyl (C=O) groups is 1. The van der Waals surface area contributed by atoms with Crippen molar-refractivity contribution in [2.24, 2.45) is 5.10 Å². The lowest BCUT2D eigenvalue weighted by Gasteiger charge is -2.28. The Kier molecular flexibility index (Phi) is 7.61. The van der Waals surface area contributed by atoms with E-state index in [9.17, 15) is 13.2 Å². The van der Waals surface area contributed by atoms with Crippen LogP contribution in [0.5, 0.6) is 0 Å². The summed E-state index contributed by atoms with van der Waals surface area (Å²) in [7, 11) is -3.72. The van der Waals surface area contributed by atoms with Gasteiger partial charge in [0.15, 0.2) is 0 Å². The number of nitrogens with zero attached hydrogens (tertiary/aromatic N) is 2. The van der Waals surface area contributed by atoms with E-state index in [1.54, 1.807) is 18.3 Å². The summed E-state index contributed by atoms with van der Waals surface area (Å²) in [5.41, 5.74) is 5.17. The first-order valence-electron chi connectivity index (χ1n) is 10.6. The van der Waals surface area contributed by atoms with Gasteiger partial charge in [0.1, 0.15) is 0 Å². The maximum Gasteiger partial charge on any atom is 0.271 e. The number of nitrogens with one attached hydrogen (secondary N) is 2. The average Bonchev–Trinajstić information content (AvgIpc) is 2.85.